The standard InChI is InChI=1S/C21H26N2O/c22-21(24)19-11-13-20(14-12-19)23(15-17-7-3-1-4-8-17)16-18-9-5-2-6-10-18/h1-10,19-20H,11-16H2,(H2,22,24). The van der Waals surface area contributed by atoms with E-state index in [2.05, 4.69) is 65.6 Å². The number of hydrogen-bond donors (Lipinski definition) is 1. The maximum atomic E-state index is 11.4. The van der Waals surface area contributed by atoms with Crippen molar-refractivity contribution in [1.29, 1.82) is 0 Å². The molecule has 0 aromatic heterocycles. The van der Waals surface area contributed by atoms with Crippen LogP contribution in [0.3, 0.4) is 0 Å². The zero-order valence-electron chi connectivity index (χ0n) is 14.1. The predicted octanol–water partition coefficient (Wildman–Crippen LogP) is 3.73. The van der Waals surface area contributed by atoms with Crippen LogP contribution < -0.4 is 5.73 Å². The van der Waals surface area contributed by atoms with Crippen LogP contribution in [0, 0.1) is 5.92 Å². The van der Waals surface area contributed by atoms with Gasteiger partial charge in [-0.15, -0.1) is 0 Å². The molecule has 1 aliphatic rings. The Morgan fingerprint density at radius 3 is 1.71 bits per heavy atom. The van der Waals surface area contributed by atoms with Crippen molar-refractivity contribution in [3.8, 4) is 0 Å². The van der Waals surface area contributed by atoms with E-state index >= 15 is 0 Å². The van der Waals surface area contributed by atoms with Gasteiger partial charge in [-0.05, 0) is 36.8 Å². The van der Waals surface area contributed by atoms with Gasteiger partial charge in [0.15, 0.2) is 0 Å². The molecule has 2 N–H and O–H groups in total. The van der Waals surface area contributed by atoms with Crippen molar-refractivity contribution in [3.63, 3.8) is 0 Å². The number of amides is 1. The second-order valence-corrected chi connectivity index (χ2v) is 6.78. The van der Waals surface area contributed by atoms with Crippen molar-refractivity contribution in [2.45, 2.75) is 44.8 Å². The highest BCUT2D eigenvalue weighted by molar-refractivity contribution is 5.76. The van der Waals surface area contributed by atoms with E-state index in [1.165, 1.54) is 11.1 Å². The number of nitrogens with zero attached hydrogens (tertiary/aromatic N) is 1. The quantitative estimate of drug-likeness (QED) is 0.881. The fourth-order valence-electron chi connectivity index (χ4n) is 3.68. The SMILES string of the molecule is NC(=O)C1CCC(N(Cc2ccccc2)Cc2ccccc2)CC1. The first kappa shape index (κ1) is 16.7. The molecule has 0 atom stereocenters. The minimum atomic E-state index is -0.133. The lowest BCUT2D eigenvalue weighted by molar-refractivity contribution is -0.123. The highest BCUT2D eigenvalue weighted by atomic mass is 16.1. The molecule has 3 heteroatoms. The highest BCUT2D eigenvalue weighted by Gasteiger charge is 2.28. The van der Waals surface area contributed by atoms with Crippen LogP contribution in [0.5, 0.6) is 0 Å². The molecule has 3 rings (SSSR count). The van der Waals surface area contributed by atoms with Crippen molar-refractivity contribution in [2.24, 2.45) is 11.7 Å². The third kappa shape index (κ3) is 4.45. The van der Waals surface area contributed by atoms with Gasteiger partial charge in [-0.25, -0.2) is 0 Å². The van der Waals surface area contributed by atoms with Crippen molar-refractivity contribution >= 4 is 5.91 Å². The lowest BCUT2D eigenvalue weighted by Gasteiger charge is -2.36. The van der Waals surface area contributed by atoms with Gasteiger partial charge in [-0.1, -0.05) is 60.7 Å². The summed E-state index contributed by atoms with van der Waals surface area (Å²) in [5.74, 6) is -0.0670. The minimum Gasteiger partial charge on any atom is -0.369 e. The molecule has 126 valence electrons. The van der Waals surface area contributed by atoms with E-state index in [0.29, 0.717) is 6.04 Å². The van der Waals surface area contributed by atoms with Crippen LogP contribution in [0.4, 0.5) is 0 Å². The molecule has 1 aliphatic carbocycles. The van der Waals surface area contributed by atoms with Crippen LogP contribution in [0.1, 0.15) is 36.8 Å². The van der Waals surface area contributed by atoms with E-state index in [9.17, 15) is 4.79 Å². The predicted molar refractivity (Wildman–Crippen MR) is 97.1 cm³/mol. The average Bonchev–Trinajstić information content (AvgIpc) is 2.63. The number of benzene rings is 2. The molecule has 0 spiro atoms. The van der Waals surface area contributed by atoms with Crippen LogP contribution in [0.15, 0.2) is 60.7 Å². The fourth-order valence-corrected chi connectivity index (χ4v) is 3.68. The van der Waals surface area contributed by atoms with Gasteiger partial charge in [0.05, 0.1) is 0 Å². The average molecular weight is 322 g/mol. The Morgan fingerprint density at radius 1 is 0.833 bits per heavy atom. The van der Waals surface area contributed by atoms with E-state index in [4.69, 9.17) is 5.73 Å². The second-order valence-electron chi connectivity index (χ2n) is 6.78. The summed E-state index contributed by atoms with van der Waals surface area (Å²) in [4.78, 5) is 14.0. The van der Waals surface area contributed by atoms with E-state index in [1.54, 1.807) is 0 Å². The van der Waals surface area contributed by atoms with Gasteiger partial charge in [0, 0.05) is 25.0 Å². The van der Waals surface area contributed by atoms with Gasteiger partial charge in [-0.2, -0.15) is 0 Å². The molecular formula is C21H26N2O. The van der Waals surface area contributed by atoms with Gasteiger partial charge >= 0.3 is 0 Å². The summed E-state index contributed by atoms with van der Waals surface area (Å²) < 4.78 is 0. The van der Waals surface area contributed by atoms with Crippen LogP contribution in [0.2, 0.25) is 0 Å². The van der Waals surface area contributed by atoms with Gasteiger partial charge in [-0.3, -0.25) is 9.69 Å². The number of nitrogens with two attached hydrogens (primary N) is 1. The summed E-state index contributed by atoms with van der Waals surface area (Å²) in [6.07, 6.45) is 3.93. The lowest BCUT2D eigenvalue weighted by atomic mass is 9.84. The van der Waals surface area contributed by atoms with Crippen molar-refractivity contribution in [3.05, 3.63) is 71.8 Å². The molecule has 2 aromatic rings. The molecule has 2 aromatic carbocycles. The molecule has 0 aliphatic heterocycles. The largest absolute Gasteiger partial charge is 0.369 e. The Hall–Kier alpha value is -2.13. The molecule has 0 saturated heterocycles. The fraction of sp³-hybridized carbons (Fsp3) is 0.381. The normalized spacial score (nSPS) is 20.9. The Morgan fingerprint density at radius 2 is 1.29 bits per heavy atom. The van der Waals surface area contributed by atoms with E-state index in [1.807, 2.05) is 0 Å². The Balaban J connectivity index is 1.71. The van der Waals surface area contributed by atoms with E-state index < -0.39 is 0 Å². The first-order valence-electron chi connectivity index (χ1n) is 8.83. The summed E-state index contributed by atoms with van der Waals surface area (Å²) in [5.41, 5.74) is 8.16. The summed E-state index contributed by atoms with van der Waals surface area (Å²) in [7, 11) is 0. The summed E-state index contributed by atoms with van der Waals surface area (Å²) in [6, 6.07) is 21.8. The zero-order valence-corrected chi connectivity index (χ0v) is 14.1. The van der Waals surface area contributed by atoms with Crippen molar-refractivity contribution < 1.29 is 4.79 Å². The first-order valence-corrected chi connectivity index (χ1v) is 8.83. The molecule has 0 unspecified atom stereocenters. The van der Waals surface area contributed by atoms with Crippen LogP contribution in [0.25, 0.3) is 0 Å². The number of carbonyl (C=O) groups is 1. The summed E-state index contributed by atoms with van der Waals surface area (Å²) in [6.45, 7) is 1.89. The monoisotopic (exact) mass is 322 g/mol. The number of carbonyl (C=O) groups excluding carboxylic acids is 1. The van der Waals surface area contributed by atoms with Crippen molar-refractivity contribution in [1.82, 2.24) is 4.90 Å². The molecule has 3 nitrogen and oxygen atoms in total. The first-order chi connectivity index (χ1) is 11.7. The van der Waals surface area contributed by atoms with Gasteiger partial charge in [0.25, 0.3) is 0 Å². The number of primary amides is 1. The zero-order chi connectivity index (χ0) is 16.8. The lowest BCUT2D eigenvalue weighted by Crippen LogP contribution is -2.39. The number of rotatable bonds is 6. The topological polar surface area (TPSA) is 46.3 Å². The van der Waals surface area contributed by atoms with E-state index in [0.717, 1.165) is 38.8 Å². The van der Waals surface area contributed by atoms with Gasteiger partial charge in [0.2, 0.25) is 5.91 Å². The third-order valence-electron chi connectivity index (χ3n) is 5.07. The molecule has 1 saturated carbocycles. The molecule has 0 radical (unpaired) electrons. The molecule has 0 heterocycles. The van der Waals surface area contributed by atoms with Gasteiger partial charge in [0.1, 0.15) is 0 Å². The Bertz CT molecular complexity index is 592. The second kappa shape index (κ2) is 8.11. The Kier molecular flexibility index (Phi) is 5.65. The Labute approximate surface area is 144 Å². The van der Waals surface area contributed by atoms with E-state index in [-0.39, 0.29) is 11.8 Å². The van der Waals surface area contributed by atoms with Gasteiger partial charge < -0.3 is 5.73 Å². The summed E-state index contributed by atoms with van der Waals surface area (Å²) in [5, 5.41) is 0. The smallest absolute Gasteiger partial charge is 0.220 e. The van der Waals surface area contributed by atoms with Crippen LogP contribution in [-0.4, -0.2) is 16.8 Å². The highest BCUT2D eigenvalue weighted by Crippen LogP contribution is 2.29. The van der Waals surface area contributed by atoms with Crippen molar-refractivity contribution in [2.75, 3.05) is 0 Å². The molecule has 24 heavy (non-hydrogen) atoms. The summed E-state index contributed by atoms with van der Waals surface area (Å²) >= 11 is 0. The molecule has 1 fully saturated rings. The molecule has 1 amide bonds. The maximum absolute atomic E-state index is 11.4. The third-order valence-corrected chi connectivity index (χ3v) is 5.07. The number of hydrogen-bond acceptors (Lipinski definition) is 2. The molecule has 0 bridgehead atoms. The van der Waals surface area contributed by atoms with Crippen LogP contribution >= 0.6 is 0 Å². The molecular weight excluding hydrogens is 296 g/mol. The van der Waals surface area contributed by atoms with Crippen LogP contribution in [-0.2, 0) is 17.9 Å². The maximum Gasteiger partial charge on any atom is 0.220 e. The minimum absolute atomic E-state index is 0.0663.